The third-order valence-corrected chi connectivity index (χ3v) is 5.66. The number of pyridine rings is 1. The van der Waals surface area contributed by atoms with Gasteiger partial charge >= 0.3 is 0 Å². The molecule has 3 heterocycles. The molecule has 1 fully saturated rings. The Hall–Kier alpha value is -2.26. The minimum Gasteiger partial charge on any atom is -0.336 e. The van der Waals surface area contributed by atoms with E-state index < -0.39 is 9.84 Å². The Kier molecular flexibility index (Phi) is 5.91. The van der Waals surface area contributed by atoms with Gasteiger partial charge in [-0.1, -0.05) is 13.0 Å². The zero-order valence-corrected chi connectivity index (χ0v) is 16.5. The highest BCUT2D eigenvalue weighted by Crippen LogP contribution is 2.17. The second kappa shape index (κ2) is 8.18. The molecule has 0 aromatic carbocycles. The van der Waals surface area contributed by atoms with Crippen molar-refractivity contribution in [3.8, 4) is 5.82 Å². The minimum absolute atomic E-state index is 0.0307. The van der Waals surface area contributed by atoms with Crippen LogP contribution in [-0.4, -0.2) is 83.6 Å². The Morgan fingerprint density at radius 3 is 2.52 bits per heavy atom. The van der Waals surface area contributed by atoms with Crippen LogP contribution in [-0.2, 0) is 16.3 Å². The lowest BCUT2D eigenvalue weighted by atomic mass is 10.1. The second-order valence-corrected chi connectivity index (χ2v) is 8.98. The molecule has 9 heteroatoms. The van der Waals surface area contributed by atoms with Gasteiger partial charge in [0, 0.05) is 45.2 Å². The Morgan fingerprint density at radius 1 is 1.19 bits per heavy atom. The average Bonchev–Trinajstić information content (AvgIpc) is 3.10. The maximum Gasteiger partial charge on any atom is 0.257 e. The van der Waals surface area contributed by atoms with E-state index in [1.54, 1.807) is 17.1 Å². The van der Waals surface area contributed by atoms with Crippen molar-refractivity contribution in [3.05, 3.63) is 41.9 Å². The molecule has 8 nitrogen and oxygen atoms in total. The summed E-state index contributed by atoms with van der Waals surface area (Å²) in [7, 11) is -2.97. The van der Waals surface area contributed by atoms with Crippen molar-refractivity contribution in [1.82, 2.24) is 24.6 Å². The summed E-state index contributed by atoms with van der Waals surface area (Å²) in [4.78, 5) is 21.2. The van der Waals surface area contributed by atoms with Crippen LogP contribution in [0.1, 0.15) is 23.0 Å². The lowest BCUT2D eigenvalue weighted by molar-refractivity contribution is 0.0643. The van der Waals surface area contributed by atoms with E-state index in [1.807, 2.05) is 30.0 Å². The van der Waals surface area contributed by atoms with Crippen molar-refractivity contribution in [2.24, 2.45) is 0 Å². The molecule has 3 rings (SSSR count). The number of sulfone groups is 1. The number of hydrogen-bond acceptors (Lipinski definition) is 6. The van der Waals surface area contributed by atoms with E-state index in [4.69, 9.17) is 0 Å². The topological polar surface area (TPSA) is 88.4 Å². The number of piperazine rings is 1. The van der Waals surface area contributed by atoms with Crippen LogP contribution in [0.4, 0.5) is 0 Å². The van der Waals surface area contributed by atoms with Crippen molar-refractivity contribution in [3.63, 3.8) is 0 Å². The fraction of sp³-hybridized carbons (Fsp3) is 0.500. The number of amides is 1. The van der Waals surface area contributed by atoms with Crippen molar-refractivity contribution >= 4 is 15.7 Å². The zero-order valence-electron chi connectivity index (χ0n) is 15.7. The van der Waals surface area contributed by atoms with Gasteiger partial charge in [0.15, 0.2) is 5.82 Å². The number of nitrogens with zero attached hydrogens (tertiary/aromatic N) is 5. The molecule has 0 unspecified atom stereocenters. The van der Waals surface area contributed by atoms with E-state index in [0.29, 0.717) is 50.5 Å². The first-order valence-electron chi connectivity index (χ1n) is 9.06. The molecule has 1 aliphatic heterocycles. The molecule has 1 saturated heterocycles. The highest BCUT2D eigenvalue weighted by Gasteiger charge is 2.26. The van der Waals surface area contributed by atoms with Gasteiger partial charge in [-0.05, 0) is 18.6 Å². The predicted molar refractivity (Wildman–Crippen MR) is 103 cm³/mol. The largest absolute Gasteiger partial charge is 0.336 e. The van der Waals surface area contributed by atoms with E-state index in [-0.39, 0.29) is 11.7 Å². The molecule has 0 bridgehead atoms. The molecular formula is C18H25N5O3S. The maximum atomic E-state index is 13.0. The van der Waals surface area contributed by atoms with Crippen LogP contribution in [0.5, 0.6) is 0 Å². The molecule has 0 aliphatic carbocycles. The first-order chi connectivity index (χ1) is 12.9. The molecule has 2 aromatic rings. The van der Waals surface area contributed by atoms with Gasteiger partial charge in [-0.15, -0.1) is 0 Å². The Labute approximate surface area is 159 Å². The van der Waals surface area contributed by atoms with Crippen molar-refractivity contribution in [2.75, 3.05) is 44.7 Å². The zero-order chi connectivity index (χ0) is 19.4. The molecule has 0 radical (unpaired) electrons. The number of hydrogen-bond donors (Lipinski definition) is 0. The summed E-state index contributed by atoms with van der Waals surface area (Å²) < 4.78 is 24.3. The first kappa shape index (κ1) is 19.5. The summed E-state index contributed by atoms with van der Waals surface area (Å²) in [6.45, 7) is 5.03. The molecule has 2 aromatic heterocycles. The minimum atomic E-state index is -2.97. The van der Waals surface area contributed by atoms with E-state index in [1.165, 1.54) is 6.26 Å². The number of carbonyl (C=O) groups excluding carboxylic acids is 1. The Balaban J connectivity index is 1.68. The van der Waals surface area contributed by atoms with Gasteiger partial charge in [0.1, 0.15) is 9.84 Å². The van der Waals surface area contributed by atoms with Gasteiger partial charge in [-0.25, -0.2) is 18.1 Å². The van der Waals surface area contributed by atoms with Gasteiger partial charge in [0.25, 0.3) is 5.91 Å². The van der Waals surface area contributed by atoms with Crippen LogP contribution in [0.2, 0.25) is 0 Å². The third kappa shape index (κ3) is 4.72. The van der Waals surface area contributed by atoms with E-state index in [2.05, 4.69) is 15.0 Å². The quantitative estimate of drug-likeness (QED) is 0.718. The first-order valence-corrected chi connectivity index (χ1v) is 11.1. The van der Waals surface area contributed by atoms with Crippen LogP contribution >= 0.6 is 0 Å². The van der Waals surface area contributed by atoms with Crippen molar-refractivity contribution < 1.29 is 13.2 Å². The lowest BCUT2D eigenvalue weighted by Gasteiger charge is -2.34. The van der Waals surface area contributed by atoms with Crippen LogP contribution in [0.15, 0.2) is 30.6 Å². The number of aromatic nitrogens is 3. The molecule has 0 spiro atoms. The lowest BCUT2D eigenvalue weighted by Crippen LogP contribution is -2.49. The Morgan fingerprint density at radius 2 is 1.93 bits per heavy atom. The smallest absolute Gasteiger partial charge is 0.257 e. The molecule has 146 valence electrons. The summed E-state index contributed by atoms with van der Waals surface area (Å²) in [5, 5.41) is 4.37. The van der Waals surface area contributed by atoms with Gasteiger partial charge in [0.05, 0.1) is 23.2 Å². The van der Waals surface area contributed by atoms with E-state index >= 15 is 0 Å². The maximum absolute atomic E-state index is 13.0. The molecule has 0 N–H and O–H groups in total. The van der Waals surface area contributed by atoms with Crippen molar-refractivity contribution in [2.45, 2.75) is 13.3 Å². The molecule has 0 atom stereocenters. The molecule has 1 aliphatic rings. The highest BCUT2D eigenvalue weighted by atomic mass is 32.2. The standard InChI is InChI=1S/C18H25N5O3S/c1-3-16-15(14-20-23(16)17-6-4-5-7-19-17)18(24)22-10-8-21(9-11-22)12-13-27(2,25)26/h4-7,14H,3,8-13H2,1-2H3. The molecule has 27 heavy (non-hydrogen) atoms. The van der Waals surface area contributed by atoms with E-state index in [9.17, 15) is 13.2 Å². The number of rotatable bonds is 6. The summed E-state index contributed by atoms with van der Waals surface area (Å²) in [6.07, 6.45) is 5.24. The SMILES string of the molecule is CCc1c(C(=O)N2CCN(CCS(C)(=O)=O)CC2)cnn1-c1ccccn1. The van der Waals surface area contributed by atoms with Gasteiger partial charge in [-0.3, -0.25) is 9.69 Å². The summed E-state index contributed by atoms with van der Waals surface area (Å²) in [6, 6.07) is 5.59. The fourth-order valence-corrected chi connectivity index (χ4v) is 3.80. The molecule has 1 amide bonds. The van der Waals surface area contributed by atoms with Gasteiger partial charge in [0.2, 0.25) is 0 Å². The summed E-state index contributed by atoms with van der Waals surface area (Å²) in [5.74, 6) is 0.813. The van der Waals surface area contributed by atoms with Crippen LogP contribution < -0.4 is 0 Å². The number of carbonyl (C=O) groups is 1. The Bertz CT molecular complexity index is 887. The van der Waals surface area contributed by atoms with Crippen LogP contribution in [0.3, 0.4) is 0 Å². The van der Waals surface area contributed by atoms with Gasteiger partial charge in [-0.2, -0.15) is 5.10 Å². The van der Waals surface area contributed by atoms with Crippen molar-refractivity contribution in [1.29, 1.82) is 0 Å². The third-order valence-electron chi connectivity index (χ3n) is 4.74. The fourth-order valence-electron chi connectivity index (χ4n) is 3.21. The molecular weight excluding hydrogens is 366 g/mol. The highest BCUT2D eigenvalue weighted by molar-refractivity contribution is 7.90. The average molecular weight is 391 g/mol. The van der Waals surface area contributed by atoms with Gasteiger partial charge < -0.3 is 4.90 Å². The van der Waals surface area contributed by atoms with Crippen LogP contribution in [0.25, 0.3) is 5.82 Å². The normalized spacial score (nSPS) is 15.9. The summed E-state index contributed by atoms with van der Waals surface area (Å²) in [5.41, 5.74) is 1.45. The van der Waals surface area contributed by atoms with Crippen LogP contribution in [0, 0.1) is 0 Å². The monoisotopic (exact) mass is 391 g/mol. The predicted octanol–water partition coefficient (Wildman–Crippen LogP) is 0.632. The summed E-state index contributed by atoms with van der Waals surface area (Å²) >= 11 is 0. The second-order valence-electron chi connectivity index (χ2n) is 6.72. The molecule has 0 saturated carbocycles. The van der Waals surface area contributed by atoms with E-state index in [0.717, 1.165) is 5.69 Å².